The van der Waals surface area contributed by atoms with Gasteiger partial charge < -0.3 is 5.73 Å². The van der Waals surface area contributed by atoms with E-state index in [4.69, 9.17) is 5.73 Å². The highest BCUT2D eigenvalue weighted by atomic mass is 16.1. The summed E-state index contributed by atoms with van der Waals surface area (Å²) >= 11 is 0. The molecule has 2 N–H and O–H groups in total. The SMILES string of the molecule is CC(C)(C)C(=O)C(N)CC1CCC2(CCCC2)CC1. The van der Waals surface area contributed by atoms with Gasteiger partial charge in [-0.1, -0.05) is 33.6 Å². The third-order valence-electron chi connectivity index (χ3n) is 5.49. The van der Waals surface area contributed by atoms with Crippen molar-refractivity contribution in [3.05, 3.63) is 0 Å². The number of hydrogen-bond donors (Lipinski definition) is 1. The fourth-order valence-corrected chi connectivity index (χ4v) is 4.17. The average molecular weight is 265 g/mol. The second-order valence-electron chi connectivity index (χ2n) is 8.11. The molecule has 2 nitrogen and oxygen atoms in total. The number of nitrogens with two attached hydrogens (primary N) is 1. The van der Waals surface area contributed by atoms with Crippen LogP contribution in [-0.4, -0.2) is 11.8 Å². The normalized spacial score (nSPS) is 25.7. The number of hydrogen-bond acceptors (Lipinski definition) is 2. The van der Waals surface area contributed by atoms with E-state index in [1.807, 2.05) is 20.8 Å². The van der Waals surface area contributed by atoms with Crippen LogP contribution in [0.5, 0.6) is 0 Å². The van der Waals surface area contributed by atoms with Crippen molar-refractivity contribution >= 4 is 5.78 Å². The molecule has 2 saturated carbocycles. The molecule has 1 spiro atoms. The minimum Gasteiger partial charge on any atom is -0.321 e. The summed E-state index contributed by atoms with van der Waals surface area (Å²) in [6.07, 6.45) is 12.0. The predicted octanol–water partition coefficient (Wildman–Crippen LogP) is 4.07. The minimum absolute atomic E-state index is 0.230. The van der Waals surface area contributed by atoms with Crippen molar-refractivity contribution in [3.8, 4) is 0 Å². The van der Waals surface area contributed by atoms with Crippen LogP contribution in [-0.2, 0) is 4.79 Å². The highest BCUT2D eigenvalue weighted by molar-refractivity contribution is 5.88. The van der Waals surface area contributed by atoms with Gasteiger partial charge in [0.15, 0.2) is 5.78 Å². The Hall–Kier alpha value is -0.370. The topological polar surface area (TPSA) is 43.1 Å². The summed E-state index contributed by atoms with van der Waals surface area (Å²) in [4.78, 5) is 12.2. The number of rotatable bonds is 3. The highest BCUT2D eigenvalue weighted by Crippen LogP contribution is 2.50. The molecular weight excluding hydrogens is 234 g/mol. The van der Waals surface area contributed by atoms with Crippen molar-refractivity contribution in [2.24, 2.45) is 22.5 Å². The van der Waals surface area contributed by atoms with Crippen LogP contribution in [0.4, 0.5) is 0 Å². The van der Waals surface area contributed by atoms with E-state index in [9.17, 15) is 4.79 Å². The molecule has 0 aliphatic heterocycles. The maximum atomic E-state index is 12.2. The summed E-state index contributed by atoms with van der Waals surface area (Å²) < 4.78 is 0. The molecule has 0 saturated heterocycles. The molecule has 0 radical (unpaired) electrons. The summed E-state index contributed by atoms with van der Waals surface area (Å²) in [5.41, 5.74) is 6.53. The molecule has 1 unspecified atom stereocenters. The lowest BCUT2D eigenvalue weighted by molar-refractivity contribution is -0.128. The van der Waals surface area contributed by atoms with Crippen molar-refractivity contribution in [2.75, 3.05) is 0 Å². The second-order valence-corrected chi connectivity index (χ2v) is 8.11. The quantitative estimate of drug-likeness (QED) is 0.836. The fourth-order valence-electron chi connectivity index (χ4n) is 4.17. The molecule has 0 aromatic rings. The van der Waals surface area contributed by atoms with Crippen LogP contribution >= 0.6 is 0 Å². The first kappa shape index (κ1) is 15.0. The fraction of sp³-hybridized carbons (Fsp3) is 0.941. The maximum absolute atomic E-state index is 12.2. The Labute approximate surface area is 118 Å². The molecule has 0 bridgehead atoms. The van der Waals surface area contributed by atoms with Crippen LogP contribution in [0.25, 0.3) is 0 Å². The zero-order chi connectivity index (χ0) is 14.1. The van der Waals surface area contributed by atoms with Crippen LogP contribution < -0.4 is 5.73 Å². The zero-order valence-electron chi connectivity index (χ0n) is 13.0. The molecule has 0 aromatic carbocycles. The molecule has 2 aliphatic rings. The van der Waals surface area contributed by atoms with Crippen molar-refractivity contribution in [1.29, 1.82) is 0 Å². The van der Waals surface area contributed by atoms with Gasteiger partial charge in [-0.3, -0.25) is 4.79 Å². The summed E-state index contributed by atoms with van der Waals surface area (Å²) in [6.45, 7) is 5.93. The number of carbonyl (C=O) groups excluding carboxylic acids is 1. The lowest BCUT2D eigenvalue weighted by Gasteiger charge is -2.38. The first-order valence-electron chi connectivity index (χ1n) is 8.12. The van der Waals surface area contributed by atoms with E-state index in [1.54, 1.807) is 0 Å². The Kier molecular flexibility index (Phi) is 4.39. The molecule has 2 rings (SSSR count). The van der Waals surface area contributed by atoms with Gasteiger partial charge in [0.2, 0.25) is 0 Å². The maximum Gasteiger partial charge on any atom is 0.154 e. The summed E-state index contributed by atoms with van der Waals surface area (Å²) in [5, 5.41) is 0. The van der Waals surface area contributed by atoms with E-state index in [0.29, 0.717) is 11.3 Å². The van der Waals surface area contributed by atoms with Gasteiger partial charge in [-0.25, -0.2) is 0 Å². The second kappa shape index (κ2) is 5.55. The Morgan fingerprint density at radius 2 is 1.68 bits per heavy atom. The van der Waals surface area contributed by atoms with Gasteiger partial charge in [-0.15, -0.1) is 0 Å². The Morgan fingerprint density at radius 1 is 1.16 bits per heavy atom. The number of carbonyl (C=O) groups is 1. The molecule has 1 atom stereocenters. The summed E-state index contributed by atoms with van der Waals surface area (Å²) in [5.74, 6) is 0.918. The Bertz CT molecular complexity index is 313. The molecule has 0 amide bonds. The van der Waals surface area contributed by atoms with Crippen LogP contribution in [0.1, 0.15) is 78.6 Å². The number of Topliss-reactive ketones (excluding diaryl/α,β-unsaturated/α-hetero) is 1. The smallest absolute Gasteiger partial charge is 0.154 e. The van der Waals surface area contributed by atoms with Crippen LogP contribution in [0, 0.1) is 16.7 Å². The lowest BCUT2D eigenvalue weighted by Crippen LogP contribution is -2.41. The van der Waals surface area contributed by atoms with Gasteiger partial charge in [0.1, 0.15) is 0 Å². The van der Waals surface area contributed by atoms with Crippen LogP contribution in [0.15, 0.2) is 0 Å². The van der Waals surface area contributed by atoms with E-state index in [2.05, 4.69) is 0 Å². The molecule has 0 heterocycles. The monoisotopic (exact) mass is 265 g/mol. The van der Waals surface area contributed by atoms with Crippen molar-refractivity contribution < 1.29 is 4.79 Å². The van der Waals surface area contributed by atoms with Gasteiger partial charge in [0.05, 0.1) is 6.04 Å². The first-order valence-corrected chi connectivity index (χ1v) is 8.12. The van der Waals surface area contributed by atoms with Gasteiger partial charge in [-0.2, -0.15) is 0 Å². The van der Waals surface area contributed by atoms with E-state index in [0.717, 1.165) is 6.42 Å². The van der Waals surface area contributed by atoms with Gasteiger partial charge in [0, 0.05) is 5.41 Å². The molecule has 2 aliphatic carbocycles. The Morgan fingerprint density at radius 3 is 2.16 bits per heavy atom. The molecule has 19 heavy (non-hydrogen) atoms. The van der Waals surface area contributed by atoms with E-state index < -0.39 is 0 Å². The largest absolute Gasteiger partial charge is 0.321 e. The van der Waals surface area contributed by atoms with Gasteiger partial charge >= 0.3 is 0 Å². The standard InChI is InChI=1S/C17H31NO/c1-16(2,3)15(19)14(18)12-13-6-10-17(11-7-13)8-4-5-9-17/h13-14H,4-12,18H2,1-3H3. The van der Waals surface area contributed by atoms with Gasteiger partial charge in [0.25, 0.3) is 0 Å². The first-order chi connectivity index (χ1) is 8.82. The molecule has 110 valence electrons. The average Bonchev–Trinajstić information content (AvgIpc) is 2.79. The van der Waals surface area contributed by atoms with E-state index in [1.165, 1.54) is 51.4 Å². The van der Waals surface area contributed by atoms with E-state index in [-0.39, 0.29) is 17.2 Å². The van der Waals surface area contributed by atoms with Crippen LogP contribution in [0.3, 0.4) is 0 Å². The molecule has 0 aromatic heterocycles. The third kappa shape index (κ3) is 3.59. The van der Waals surface area contributed by atoms with Crippen LogP contribution in [0.2, 0.25) is 0 Å². The Balaban J connectivity index is 1.81. The highest BCUT2D eigenvalue weighted by Gasteiger charge is 2.38. The third-order valence-corrected chi connectivity index (χ3v) is 5.49. The van der Waals surface area contributed by atoms with Crippen molar-refractivity contribution in [2.45, 2.75) is 84.6 Å². The van der Waals surface area contributed by atoms with Crippen molar-refractivity contribution in [3.63, 3.8) is 0 Å². The van der Waals surface area contributed by atoms with Crippen molar-refractivity contribution in [1.82, 2.24) is 0 Å². The molecular formula is C17H31NO. The minimum atomic E-state index is -0.291. The zero-order valence-corrected chi connectivity index (χ0v) is 13.0. The predicted molar refractivity (Wildman–Crippen MR) is 79.9 cm³/mol. The number of ketones is 1. The lowest BCUT2D eigenvalue weighted by atomic mass is 9.68. The molecule has 2 fully saturated rings. The van der Waals surface area contributed by atoms with E-state index >= 15 is 0 Å². The summed E-state index contributed by atoms with van der Waals surface area (Å²) in [6, 6.07) is -0.248. The van der Waals surface area contributed by atoms with Gasteiger partial charge in [-0.05, 0) is 56.3 Å². The molecule has 2 heteroatoms. The summed E-state index contributed by atoms with van der Waals surface area (Å²) in [7, 11) is 0.